The van der Waals surface area contributed by atoms with Gasteiger partial charge in [0.2, 0.25) is 11.8 Å². The van der Waals surface area contributed by atoms with Crippen LogP contribution in [0.15, 0.2) is 77.7 Å². The normalized spacial score (nSPS) is 14.3. The molecule has 1 atom stereocenters. The summed E-state index contributed by atoms with van der Waals surface area (Å²) in [6.07, 6.45) is 4.33. The topological polar surface area (TPSA) is 96.0 Å². The van der Waals surface area contributed by atoms with Crippen LogP contribution in [0.3, 0.4) is 0 Å². The van der Waals surface area contributed by atoms with Gasteiger partial charge >= 0.3 is 0 Å². The highest BCUT2D eigenvalue weighted by molar-refractivity contribution is 7.92. The van der Waals surface area contributed by atoms with E-state index in [9.17, 15) is 18.0 Å². The fraction of sp³-hybridized carbons (Fsp3) is 0.375. The van der Waals surface area contributed by atoms with Gasteiger partial charge in [-0.3, -0.25) is 13.9 Å². The number of halogens is 1. The first-order chi connectivity index (χ1) is 20.1. The first-order valence-electron chi connectivity index (χ1n) is 14.2. The Hall–Kier alpha value is -3.56. The van der Waals surface area contributed by atoms with Crippen molar-refractivity contribution in [1.29, 1.82) is 0 Å². The van der Waals surface area contributed by atoms with Crippen molar-refractivity contribution in [1.82, 2.24) is 10.2 Å². The molecule has 42 heavy (non-hydrogen) atoms. The van der Waals surface area contributed by atoms with Gasteiger partial charge in [-0.25, -0.2) is 8.42 Å². The van der Waals surface area contributed by atoms with Gasteiger partial charge in [-0.05, 0) is 85.8 Å². The van der Waals surface area contributed by atoms with Crippen LogP contribution in [0.25, 0.3) is 0 Å². The number of carbonyl (C=O) groups excluding carboxylic acids is 2. The minimum atomic E-state index is -4.19. The Balaban J connectivity index is 1.71. The molecular weight excluding hydrogens is 574 g/mol. The summed E-state index contributed by atoms with van der Waals surface area (Å²) in [5, 5.41) is 3.57. The van der Waals surface area contributed by atoms with Crippen molar-refractivity contribution in [3.8, 4) is 5.75 Å². The lowest BCUT2D eigenvalue weighted by Gasteiger charge is -2.34. The van der Waals surface area contributed by atoms with Crippen molar-refractivity contribution in [2.45, 2.75) is 69.5 Å². The molecular formula is C32H38ClN3O5S. The summed E-state index contributed by atoms with van der Waals surface area (Å²) in [6.45, 7) is 3.47. The molecule has 224 valence electrons. The van der Waals surface area contributed by atoms with Crippen LogP contribution in [0.5, 0.6) is 5.75 Å². The van der Waals surface area contributed by atoms with E-state index in [0.29, 0.717) is 17.2 Å². The molecule has 2 amide bonds. The smallest absolute Gasteiger partial charge is 0.264 e. The molecule has 8 nitrogen and oxygen atoms in total. The maximum atomic E-state index is 14.2. The first kappa shape index (κ1) is 31.4. The second-order valence-electron chi connectivity index (χ2n) is 10.5. The third kappa shape index (κ3) is 7.44. The Kier molecular flexibility index (Phi) is 10.5. The summed E-state index contributed by atoms with van der Waals surface area (Å²) in [7, 11) is -2.69. The molecule has 1 aliphatic carbocycles. The first-order valence-corrected chi connectivity index (χ1v) is 16.0. The molecule has 4 rings (SSSR count). The Morgan fingerprint density at radius 3 is 2.24 bits per heavy atom. The number of hydrogen-bond acceptors (Lipinski definition) is 5. The quantitative estimate of drug-likeness (QED) is 0.283. The zero-order chi connectivity index (χ0) is 30.3. The Bertz CT molecular complexity index is 1470. The number of carbonyl (C=O) groups is 2. The monoisotopic (exact) mass is 611 g/mol. The highest BCUT2D eigenvalue weighted by Crippen LogP contribution is 2.28. The third-order valence-electron chi connectivity index (χ3n) is 7.73. The van der Waals surface area contributed by atoms with Crippen molar-refractivity contribution in [2.75, 3.05) is 18.0 Å². The third-order valence-corrected chi connectivity index (χ3v) is 9.77. The van der Waals surface area contributed by atoms with Crippen LogP contribution < -0.4 is 14.4 Å². The van der Waals surface area contributed by atoms with E-state index in [0.717, 1.165) is 41.1 Å². The van der Waals surface area contributed by atoms with Crippen molar-refractivity contribution in [3.63, 3.8) is 0 Å². The molecule has 3 aromatic carbocycles. The molecule has 0 aromatic heterocycles. The number of nitrogens with one attached hydrogen (secondary N) is 1. The van der Waals surface area contributed by atoms with Gasteiger partial charge < -0.3 is 15.0 Å². The predicted molar refractivity (Wildman–Crippen MR) is 165 cm³/mol. The lowest BCUT2D eigenvalue weighted by atomic mass is 10.1. The number of amides is 2. The summed E-state index contributed by atoms with van der Waals surface area (Å²) in [5.74, 6) is -0.201. The van der Waals surface area contributed by atoms with E-state index in [4.69, 9.17) is 16.3 Å². The van der Waals surface area contributed by atoms with Crippen molar-refractivity contribution in [2.24, 2.45) is 0 Å². The van der Waals surface area contributed by atoms with E-state index < -0.39 is 28.5 Å². The summed E-state index contributed by atoms with van der Waals surface area (Å²) >= 11 is 6.11. The number of benzene rings is 3. The maximum absolute atomic E-state index is 14.2. The van der Waals surface area contributed by atoms with E-state index in [-0.39, 0.29) is 29.1 Å². The van der Waals surface area contributed by atoms with Crippen LogP contribution >= 0.6 is 11.6 Å². The van der Waals surface area contributed by atoms with Crippen molar-refractivity contribution >= 4 is 39.1 Å². The second kappa shape index (κ2) is 14.1. The highest BCUT2D eigenvalue weighted by atomic mass is 35.5. The Morgan fingerprint density at radius 1 is 1.00 bits per heavy atom. The van der Waals surface area contributed by atoms with Gasteiger partial charge in [-0.2, -0.15) is 0 Å². The lowest BCUT2D eigenvalue weighted by molar-refractivity contribution is -0.140. The van der Waals surface area contributed by atoms with Gasteiger partial charge in [0, 0.05) is 17.6 Å². The molecule has 0 heterocycles. The van der Waals surface area contributed by atoms with Crippen molar-refractivity contribution in [3.05, 3.63) is 88.9 Å². The molecule has 1 fully saturated rings. The van der Waals surface area contributed by atoms with Gasteiger partial charge in [0.05, 0.1) is 17.7 Å². The van der Waals surface area contributed by atoms with Crippen LogP contribution in [0.4, 0.5) is 5.69 Å². The standard InChI is InChI=1S/C32H38ClN3O5S/c1-4-30(32(38)34-26-11-7-8-12-26)35(21-24-10-6-5-9-23(24)2)31(37)22-36(27-15-13-25(33)14-16-27)42(39,40)29-19-17-28(41-3)18-20-29/h5-6,9-10,13-20,26,30H,4,7-8,11-12,21-22H2,1-3H3,(H,34,38). The minimum Gasteiger partial charge on any atom is -0.497 e. The number of sulfonamides is 1. The number of ether oxygens (including phenoxy) is 1. The number of aryl methyl sites for hydroxylation is 1. The Morgan fingerprint density at radius 2 is 1.64 bits per heavy atom. The van der Waals surface area contributed by atoms with Gasteiger partial charge in [-0.15, -0.1) is 0 Å². The molecule has 10 heteroatoms. The number of nitrogens with zero attached hydrogens (tertiary/aromatic N) is 2. The number of anilines is 1. The van der Waals surface area contributed by atoms with Crippen LogP contribution in [-0.4, -0.2) is 50.9 Å². The maximum Gasteiger partial charge on any atom is 0.264 e. The zero-order valence-electron chi connectivity index (χ0n) is 24.3. The summed E-state index contributed by atoms with van der Waals surface area (Å²) < 4.78 is 34.2. The van der Waals surface area contributed by atoms with Gasteiger partial charge in [0.1, 0.15) is 18.3 Å². The number of rotatable bonds is 12. The van der Waals surface area contributed by atoms with E-state index in [1.54, 1.807) is 36.4 Å². The summed E-state index contributed by atoms with van der Waals surface area (Å²) in [4.78, 5) is 29.3. The molecule has 0 radical (unpaired) electrons. The van der Waals surface area contributed by atoms with E-state index >= 15 is 0 Å². The van der Waals surface area contributed by atoms with Crippen molar-refractivity contribution < 1.29 is 22.7 Å². The molecule has 3 aromatic rings. The van der Waals surface area contributed by atoms with Crippen LogP contribution in [0, 0.1) is 6.92 Å². The summed E-state index contributed by atoms with van der Waals surface area (Å²) in [5.41, 5.74) is 2.14. The lowest BCUT2D eigenvalue weighted by Crippen LogP contribution is -2.53. The van der Waals surface area contributed by atoms with E-state index in [2.05, 4.69) is 5.32 Å². The molecule has 0 spiro atoms. The minimum absolute atomic E-state index is 0.00233. The fourth-order valence-corrected chi connectivity index (χ4v) is 6.81. The largest absolute Gasteiger partial charge is 0.497 e. The average molecular weight is 612 g/mol. The second-order valence-corrected chi connectivity index (χ2v) is 12.8. The zero-order valence-corrected chi connectivity index (χ0v) is 25.8. The Labute approximate surface area is 253 Å². The SMILES string of the molecule is CCC(C(=O)NC1CCCC1)N(Cc1ccccc1C)C(=O)CN(c1ccc(Cl)cc1)S(=O)(=O)c1ccc(OC)cc1. The summed E-state index contributed by atoms with van der Waals surface area (Å²) in [6, 6.07) is 19.3. The molecule has 0 aliphatic heterocycles. The highest BCUT2D eigenvalue weighted by Gasteiger charge is 2.34. The van der Waals surface area contributed by atoms with Crippen LogP contribution in [0.2, 0.25) is 5.02 Å². The number of methoxy groups -OCH3 is 1. The molecule has 1 aliphatic rings. The molecule has 0 bridgehead atoms. The van der Waals surface area contributed by atoms with Crippen LogP contribution in [-0.2, 0) is 26.2 Å². The fourth-order valence-electron chi connectivity index (χ4n) is 5.27. The van der Waals surface area contributed by atoms with E-state index in [1.807, 2.05) is 38.1 Å². The molecule has 0 saturated heterocycles. The van der Waals surface area contributed by atoms with Crippen LogP contribution in [0.1, 0.15) is 50.2 Å². The molecule has 1 unspecified atom stereocenters. The molecule has 1 saturated carbocycles. The average Bonchev–Trinajstić information content (AvgIpc) is 3.50. The van der Waals surface area contributed by atoms with Gasteiger partial charge in [0.15, 0.2) is 0 Å². The van der Waals surface area contributed by atoms with Gasteiger partial charge in [-0.1, -0.05) is 55.6 Å². The molecule has 1 N–H and O–H groups in total. The predicted octanol–water partition coefficient (Wildman–Crippen LogP) is 5.72. The number of hydrogen-bond donors (Lipinski definition) is 1. The van der Waals surface area contributed by atoms with Gasteiger partial charge in [0.25, 0.3) is 10.0 Å². The van der Waals surface area contributed by atoms with E-state index in [1.165, 1.54) is 24.1 Å².